The maximum Gasteiger partial charge on any atom is 0.259 e. The molecule has 0 bridgehead atoms. The Hall–Kier alpha value is -2.24. The molecule has 0 amide bonds. The van der Waals surface area contributed by atoms with E-state index in [1.165, 1.54) is 0 Å². The summed E-state index contributed by atoms with van der Waals surface area (Å²) in [5, 5.41) is 16.6. The SMILES string of the molecule is NC(N=NCc1ccc(Cl)cc1)=NN=Cc1ccc(Cl)cc1. The van der Waals surface area contributed by atoms with Crippen LogP contribution >= 0.6 is 23.2 Å². The van der Waals surface area contributed by atoms with Gasteiger partial charge in [0.15, 0.2) is 0 Å². The van der Waals surface area contributed by atoms with Gasteiger partial charge in [-0.05, 0) is 35.4 Å². The van der Waals surface area contributed by atoms with Gasteiger partial charge in [0.25, 0.3) is 5.96 Å². The molecule has 0 aliphatic rings. The maximum absolute atomic E-state index is 5.80. The van der Waals surface area contributed by atoms with E-state index >= 15 is 0 Å². The Morgan fingerprint density at radius 3 is 2.18 bits per heavy atom. The van der Waals surface area contributed by atoms with Gasteiger partial charge in [-0.25, -0.2) is 0 Å². The molecular weight excluding hydrogens is 321 g/mol. The fourth-order valence-electron chi connectivity index (χ4n) is 1.50. The lowest BCUT2D eigenvalue weighted by Crippen LogP contribution is -2.06. The molecule has 0 saturated carbocycles. The Labute approximate surface area is 138 Å². The normalized spacial score (nSPS) is 12.4. The van der Waals surface area contributed by atoms with Gasteiger partial charge in [0.1, 0.15) is 0 Å². The van der Waals surface area contributed by atoms with Crippen molar-refractivity contribution in [1.82, 2.24) is 0 Å². The van der Waals surface area contributed by atoms with Crippen molar-refractivity contribution in [3.05, 3.63) is 69.7 Å². The van der Waals surface area contributed by atoms with Gasteiger partial charge >= 0.3 is 0 Å². The predicted molar refractivity (Wildman–Crippen MR) is 90.7 cm³/mol. The number of guanidine groups is 1. The van der Waals surface area contributed by atoms with Gasteiger partial charge in [-0.15, -0.1) is 10.2 Å². The van der Waals surface area contributed by atoms with Crippen molar-refractivity contribution in [2.45, 2.75) is 6.54 Å². The molecule has 5 nitrogen and oxygen atoms in total. The first kappa shape index (κ1) is 16.1. The van der Waals surface area contributed by atoms with Crippen molar-refractivity contribution >= 4 is 35.4 Å². The van der Waals surface area contributed by atoms with Crippen LogP contribution in [0.15, 0.2) is 69.0 Å². The number of hydrogen-bond acceptors (Lipinski definition) is 3. The Kier molecular flexibility index (Phi) is 6.06. The molecule has 0 fully saturated rings. The zero-order valence-electron chi connectivity index (χ0n) is 11.5. The summed E-state index contributed by atoms with van der Waals surface area (Å²) < 4.78 is 0. The molecule has 2 N–H and O–H groups in total. The van der Waals surface area contributed by atoms with Crippen molar-refractivity contribution in [1.29, 1.82) is 0 Å². The van der Waals surface area contributed by atoms with Crippen LogP contribution in [0.4, 0.5) is 0 Å². The molecule has 2 aromatic rings. The van der Waals surface area contributed by atoms with Gasteiger partial charge in [0.2, 0.25) is 0 Å². The number of azo groups is 1. The number of nitrogens with zero attached hydrogens (tertiary/aromatic N) is 4. The average Bonchev–Trinajstić information content (AvgIpc) is 2.51. The van der Waals surface area contributed by atoms with Crippen LogP contribution in [0.25, 0.3) is 0 Å². The van der Waals surface area contributed by atoms with Gasteiger partial charge in [-0.1, -0.05) is 47.5 Å². The van der Waals surface area contributed by atoms with Crippen molar-refractivity contribution in [2.24, 2.45) is 26.2 Å². The van der Waals surface area contributed by atoms with Crippen molar-refractivity contribution in [2.75, 3.05) is 0 Å². The molecule has 2 aromatic carbocycles. The molecule has 7 heteroatoms. The molecule has 0 aliphatic heterocycles. The minimum atomic E-state index is -0.0147. The molecule has 0 atom stereocenters. The number of nitrogens with two attached hydrogens (primary N) is 1. The number of hydrogen-bond donors (Lipinski definition) is 1. The van der Waals surface area contributed by atoms with Crippen LogP contribution in [0.1, 0.15) is 11.1 Å². The molecular formula is C15H13Cl2N5. The van der Waals surface area contributed by atoms with Crippen molar-refractivity contribution in [3.8, 4) is 0 Å². The summed E-state index contributed by atoms with van der Waals surface area (Å²) in [6, 6.07) is 14.5. The summed E-state index contributed by atoms with van der Waals surface area (Å²) in [4.78, 5) is 0. The van der Waals surface area contributed by atoms with E-state index in [1.807, 2.05) is 24.3 Å². The van der Waals surface area contributed by atoms with Crippen LogP contribution in [0.2, 0.25) is 10.0 Å². The molecule has 0 aliphatic carbocycles. The third kappa shape index (κ3) is 5.63. The molecule has 0 saturated heterocycles. The summed E-state index contributed by atoms with van der Waals surface area (Å²) in [5.41, 5.74) is 7.42. The Bertz CT molecular complexity index is 691. The minimum Gasteiger partial charge on any atom is -0.365 e. The monoisotopic (exact) mass is 333 g/mol. The molecule has 0 spiro atoms. The van der Waals surface area contributed by atoms with E-state index in [9.17, 15) is 0 Å². The third-order valence-electron chi connectivity index (χ3n) is 2.58. The quantitative estimate of drug-likeness (QED) is 0.385. The summed E-state index contributed by atoms with van der Waals surface area (Å²) >= 11 is 11.6. The Balaban J connectivity index is 1.87. The summed E-state index contributed by atoms with van der Waals surface area (Å²) in [7, 11) is 0. The highest BCUT2D eigenvalue weighted by Gasteiger charge is 1.92. The van der Waals surface area contributed by atoms with E-state index in [-0.39, 0.29) is 5.96 Å². The second-order valence-corrected chi connectivity index (χ2v) is 5.15. The lowest BCUT2D eigenvalue weighted by molar-refractivity contribution is 0.962. The minimum absolute atomic E-state index is 0.0147. The summed E-state index contributed by atoms with van der Waals surface area (Å²) in [5.74, 6) is -0.0147. The lowest BCUT2D eigenvalue weighted by Gasteiger charge is -1.95. The van der Waals surface area contributed by atoms with E-state index in [2.05, 4.69) is 20.4 Å². The van der Waals surface area contributed by atoms with E-state index < -0.39 is 0 Å². The van der Waals surface area contributed by atoms with E-state index in [0.29, 0.717) is 16.6 Å². The van der Waals surface area contributed by atoms with Crippen LogP contribution in [-0.2, 0) is 6.54 Å². The highest BCUT2D eigenvalue weighted by molar-refractivity contribution is 6.30. The van der Waals surface area contributed by atoms with Gasteiger partial charge in [-0.2, -0.15) is 10.2 Å². The largest absolute Gasteiger partial charge is 0.365 e. The smallest absolute Gasteiger partial charge is 0.259 e. The second-order valence-electron chi connectivity index (χ2n) is 4.28. The van der Waals surface area contributed by atoms with Gasteiger partial charge in [0, 0.05) is 10.0 Å². The van der Waals surface area contributed by atoms with Crippen LogP contribution in [-0.4, -0.2) is 12.2 Å². The summed E-state index contributed by atoms with van der Waals surface area (Å²) in [6.45, 7) is 0.397. The van der Waals surface area contributed by atoms with Gasteiger partial charge in [0.05, 0.1) is 12.8 Å². The molecule has 0 radical (unpaired) electrons. The van der Waals surface area contributed by atoms with E-state index in [4.69, 9.17) is 28.9 Å². The average molecular weight is 334 g/mol. The first-order chi connectivity index (χ1) is 10.6. The highest BCUT2D eigenvalue weighted by Crippen LogP contribution is 2.10. The fourth-order valence-corrected chi connectivity index (χ4v) is 1.75. The first-order valence-corrected chi connectivity index (χ1v) is 7.13. The number of halogens is 2. The van der Waals surface area contributed by atoms with Gasteiger partial charge in [-0.3, -0.25) is 0 Å². The molecule has 0 aromatic heterocycles. The van der Waals surface area contributed by atoms with Crippen LogP contribution < -0.4 is 5.73 Å². The van der Waals surface area contributed by atoms with Crippen LogP contribution in [0, 0.1) is 0 Å². The standard InChI is InChI=1S/C15H13Cl2N5/c16-13-5-1-11(2-6-13)9-19-21-15(18)22-20-10-12-3-7-14(17)8-4-12/h1-9H,10H2,(H2,18,21). The summed E-state index contributed by atoms with van der Waals surface area (Å²) in [6.07, 6.45) is 1.55. The van der Waals surface area contributed by atoms with Crippen LogP contribution in [0.5, 0.6) is 0 Å². The number of rotatable bonds is 4. The van der Waals surface area contributed by atoms with Crippen LogP contribution in [0.3, 0.4) is 0 Å². The van der Waals surface area contributed by atoms with Crippen molar-refractivity contribution in [3.63, 3.8) is 0 Å². The third-order valence-corrected chi connectivity index (χ3v) is 3.08. The first-order valence-electron chi connectivity index (χ1n) is 6.37. The predicted octanol–water partition coefficient (Wildman–Crippen LogP) is 4.29. The maximum atomic E-state index is 5.80. The zero-order chi connectivity index (χ0) is 15.8. The Morgan fingerprint density at radius 1 is 0.955 bits per heavy atom. The second kappa shape index (κ2) is 8.26. The van der Waals surface area contributed by atoms with Gasteiger partial charge < -0.3 is 5.73 Å². The molecule has 2 rings (SSSR count). The molecule has 0 heterocycles. The van der Waals surface area contributed by atoms with E-state index in [1.54, 1.807) is 30.5 Å². The van der Waals surface area contributed by atoms with E-state index in [0.717, 1.165) is 11.1 Å². The molecule has 22 heavy (non-hydrogen) atoms. The zero-order valence-corrected chi connectivity index (χ0v) is 13.0. The Morgan fingerprint density at radius 2 is 1.55 bits per heavy atom. The molecule has 112 valence electrons. The number of benzene rings is 2. The highest BCUT2D eigenvalue weighted by atomic mass is 35.5. The fraction of sp³-hybridized carbons (Fsp3) is 0.0667. The lowest BCUT2D eigenvalue weighted by atomic mass is 10.2. The molecule has 0 unspecified atom stereocenters. The van der Waals surface area contributed by atoms with Crippen molar-refractivity contribution < 1.29 is 0 Å². The topological polar surface area (TPSA) is 75.5 Å².